The fourth-order valence-electron chi connectivity index (χ4n) is 2.35. The molecule has 1 aromatic heterocycles. The normalized spacial score (nSPS) is 10.6. The number of alkyl halides is 2. The largest absolute Gasteiger partial charge is 0.493 e. The molecule has 0 bridgehead atoms. The fraction of sp³-hybridized carbons (Fsp3) is 0.176. The second-order valence-electron chi connectivity index (χ2n) is 5.47. The number of hydrogen-bond acceptors (Lipinski definition) is 6. The average molecular weight is 390 g/mol. The zero-order valence-electron chi connectivity index (χ0n) is 14.7. The zero-order valence-corrected chi connectivity index (χ0v) is 14.7. The van der Waals surface area contributed by atoms with E-state index in [1.807, 2.05) is 0 Å². The Hall–Kier alpha value is -3.76. The predicted octanol–water partition coefficient (Wildman–Crippen LogP) is 2.59. The molecule has 0 atom stereocenters. The number of halogens is 2. The summed E-state index contributed by atoms with van der Waals surface area (Å²) in [5.74, 6) is 0.0755. The van der Waals surface area contributed by atoms with Crippen molar-refractivity contribution >= 4 is 11.7 Å². The van der Waals surface area contributed by atoms with Crippen molar-refractivity contribution in [2.75, 3.05) is 12.4 Å². The molecule has 3 aromatic rings. The van der Waals surface area contributed by atoms with Crippen molar-refractivity contribution < 1.29 is 23.0 Å². The van der Waals surface area contributed by atoms with Gasteiger partial charge in [0.15, 0.2) is 11.5 Å². The number of methoxy groups -OCH3 is 1. The van der Waals surface area contributed by atoms with E-state index in [1.54, 1.807) is 30.3 Å². The van der Waals surface area contributed by atoms with E-state index in [2.05, 4.69) is 30.9 Å². The summed E-state index contributed by atoms with van der Waals surface area (Å²) in [4.78, 5) is 12.0. The molecule has 11 heteroatoms. The Morgan fingerprint density at radius 2 is 1.96 bits per heavy atom. The lowest BCUT2D eigenvalue weighted by atomic mass is 10.2. The van der Waals surface area contributed by atoms with Crippen molar-refractivity contribution in [3.8, 4) is 17.2 Å². The number of nitrogens with zero attached hydrogens (tertiary/aromatic N) is 4. The number of rotatable bonds is 7. The summed E-state index contributed by atoms with van der Waals surface area (Å²) in [6, 6.07) is 10.9. The van der Waals surface area contributed by atoms with Crippen LogP contribution in [0.2, 0.25) is 0 Å². The van der Waals surface area contributed by atoms with E-state index in [9.17, 15) is 13.6 Å². The highest BCUT2D eigenvalue weighted by Gasteiger charge is 2.12. The van der Waals surface area contributed by atoms with E-state index in [1.165, 1.54) is 30.3 Å². The fourth-order valence-corrected chi connectivity index (χ4v) is 2.35. The second-order valence-corrected chi connectivity index (χ2v) is 5.47. The quantitative estimate of drug-likeness (QED) is 0.643. The van der Waals surface area contributed by atoms with Crippen LogP contribution in [0.5, 0.6) is 11.5 Å². The monoisotopic (exact) mass is 390 g/mol. The van der Waals surface area contributed by atoms with Gasteiger partial charge in [-0.2, -0.15) is 8.78 Å². The van der Waals surface area contributed by atoms with Crippen LogP contribution >= 0.6 is 0 Å². The molecule has 146 valence electrons. The van der Waals surface area contributed by atoms with Gasteiger partial charge in [-0.1, -0.05) is 6.07 Å². The van der Waals surface area contributed by atoms with E-state index in [0.717, 1.165) is 5.69 Å². The molecule has 0 saturated heterocycles. The topological polar surface area (TPSA) is 103 Å². The summed E-state index contributed by atoms with van der Waals surface area (Å²) >= 11 is 0. The first-order valence-corrected chi connectivity index (χ1v) is 8.05. The minimum Gasteiger partial charge on any atom is -0.493 e. The van der Waals surface area contributed by atoms with Crippen molar-refractivity contribution in [3.63, 3.8) is 0 Å². The van der Waals surface area contributed by atoms with Crippen LogP contribution in [0.15, 0.2) is 48.8 Å². The Labute approximate surface area is 158 Å². The highest BCUT2D eigenvalue weighted by Crippen LogP contribution is 2.29. The number of tetrazole rings is 1. The maximum Gasteiger partial charge on any atom is 0.387 e. The Balaban J connectivity index is 1.57. The molecule has 9 nitrogen and oxygen atoms in total. The minimum absolute atomic E-state index is 0.101. The third-order valence-corrected chi connectivity index (χ3v) is 3.64. The number of amides is 2. The summed E-state index contributed by atoms with van der Waals surface area (Å²) < 4.78 is 35.8. The molecule has 0 saturated carbocycles. The predicted molar refractivity (Wildman–Crippen MR) is 94.6 cm³/mol. The molecule has 2 N–H and O–H groups in total. The third-order valence-electron chi connectivity index (χ3n) is 3.64. The molecule has 0 fully saturated rings. The van der Waals surface area contributed by atoms with E-state index in [0.29, 0.717) is 11.3 Å². The van der Waals surface area contributed by atoms with Crippen molar-refractivity contribution in [1.82, 2.24) is 25.5 Å². The molecule has 2 amide bonds. The molecule has 0 aliphatic carbocycles. The number of nitrogens with one attached hydrogen (secondary N) is 2. The minimum atomic E-state index is -2.98. The molecule has 0 radical (unpaired) electrons. The first-order valence-electron chi connectivity index (χ1n) is 8.05. The van der Waals surface area contributed by atoms with Gasteiger partial charge in [0.1, 0.15) is 6.33 Å². The van der Waals surface area contributed by atoms with Crippen LogP contribution in [0.1, 0.15) is 5.56 Å². The van der Waals surface area contributed by atoms with Crippen LogP contribution in [0.3, 0.4) is 0 Å². The molecule has 28 heavy (non-hydrogen) atoms. The molecule has 0 spiro atoms. The van der Waals surface area contributed by atoms with Crippen molar-refractivity contribution in [2.45, 2.75) is 13.2 Å². The first-order chi connectivity index (χ1) is 13.5. The SMILES string of the molecule is COc1ccc(CNC(=O)Nc2ccc(-n3cnnn3)cc2)cc1OC(F)F. The summed E-state index contributed by atoms with van der Waals surface area (Å²) in [6.07, 6.45) is 1.45. The summed E-state index contributed by atoms with van der Waals surface area (Å²) in [5.41, 5.74) is 1.87. The van der Waals surface area contributed by atoms with Gasteiger partial charge < -0.3 is 20.1 Å². The van der Waals surface area contributed by atoms with Crippen molar-refractivity contribution in [1.29, 1.82) is 0 Å². The lowest BCUT2D eigenvalue weighted by Crippen LogP contribution is -2.28. The van der Waals surface area contributed by atoms with Gasteiger partial charge in [-0.3, -0.25) is 0 Å². The second kappa shape index (κ2) is 8.75. The molecule has 1 heterocycles. The van der Waals surface area contributed by atoms with Gasteiger partial charge >= 0.3 is 12.6 Å². The van der Waals surface area contributed by atoms with E-state index >= 15 is 0 Å². The Morgan fingerprint density at radius 3 is 2.61 bits per heavy atom. The van der Waals surface area contributed by atoms with Gasteiger partial charge in [0.25, 0.3) is 0 Å². The van der Waals surface area contributed by atoms with Gasteiger partial charge in [0, 0.05) is 12.2 Å². The van der Waals surface area contributed by atoms with Crippen LogP contribution in [-0.4, -0.2) is 40.0 Å². The number of carbonyl (C=O) groups excluding carboxylic acids is 1. The van der Waals surface area contributed by atoms with Crippen molar-refractivity contribution in [2.24, 2.45) is 0 Å². The molecule has 0 unspecified atom stereocenters. The number of carbonyl (C=O) groups is 1. The summed E-state index contributed by atoms with van der Waals surface area (Å²) in [6.45, 7) is -2.87. The number of urea groups is 1. The summed E-state index contributed by atoms with van der Waals surface area (Å²) in [7, 11) is 1.35. The average Bonchev–Trinajstić information content (AvgIpc) is 3.21. The standard InChI is InChI=1S/C17H16F2N6O3/c1-27-14-7-2-11(8-15(14)28-16(18)19)9-20-17(26)22-12-3-5-13(6-4-12)25-10-21-23-24-25/h2-8,10,16H,9H2,1H3,(H2,20,22,26). The number of aromatic nitrogens is 4. The number of benzene rings is 2. The molecular formula is C17H16F2N6O3. The first kappa shape index (κ1) is 19.0. The molecular weight excluding hydrogens is 374 g/mol. The molecule has 2 aromatic carbocycles. The van der Waals surface area contributed by atoms with Gasteiger partial charge in [-0.25, -0.2) is 9.48 Å². The van der Waals surface area contributed by atoms with Crippen molar-refractivity contribution in [3.05, 3.63) is 54.4 Å². The van der Waals surface area contributed by atoms with Crippen LogP contribution in [0.25, 0.3) is 5.69 Å². The highest BCUT2D eigenvalue weighted by atomic mass is 19.3. The van der Waals surface area contributed by atoms with E-state index < -0.39 is 12.6 Å². The smallest absolute Gasteiger partial charge is 0.387 e. The molecule has 0 aliphatic rings. The maximum atomic E-state index is 12.5. The van der Waals surface area contributed by atoms with Gasteiger partial charge in [-0.05, 0) is 52.4 Å². The Kier molecular flexibility index (Phi) is 5.94. The van der Waals surface area contributed by atoms with Crippen LogP contribution in [0.4, 0.5) is 19.3 Å². The number of hydrogen-bond donors (Lipinski definition) is 2. The highest BCUT2D eigenvalue weighted by molar-refractivity contribution is 5.89. The molecule has 0 aliphatic heterocycles. The third kappa shape index (κ3) is 4.90. The van der Waals surface area contributed by atoms with Gasteiger partial charge in [-0.15, -0.1) is 5.10 Å². The van der Waals surface area contributed by atoms with Crippen LogP contribution < -0.4 is 20.1 Å². The maximum absolute atomic E-state index is 12.5. The zero-order chi connectivity index (χ0) is 19.9. The van der Waals surface area contributed by atoms with Gasteiger partial charge in [0.2, 0.25) is 0 Å². The van der Waals surface area contributed by atoms with Gasteiger partial charge in [0.05, 0.1) is 12.8 Å². The van der Waals surface area contributed by atoms with E-state index in [-0.39, 0.29) is 18.0 Å². The Morgan fingerprint density at radius 1 is 1.18 bits per heavy atom. The lowest BCUT2D eigenvalue weighted by molar-refractivity contribution is -0.0512. The summed E-state index contributed by atoms with van der Waals surface area (Å²) in [5, 5.41) is 16.2. The number of anilines is 1. The number of ether oxygens (including phenoxy) is 2. The molecule has 3 rings (SSSR count). The van der Waals surface area contributed by atoms with E-state index in [4.69, 9.17) is 4.74 Å². The Bertz CT molecular complexity index is 919. The lowest BCUT2D eigenvalue weighted by Gasteiger charge is -2.12. The van der Waals surface area contributed by atoms with Crippen LogP contribution in [-0.2, 0) is 6.54 Å². The van der Waals surface area contributed by atoms with Crippen LogP contribution in [0, 0.1) is 0 Å².